The second kappa shape index (κ2) is 4.76. The molecule has 0 unspecified atom stereocenters. The van der Waals surface area contributed by atoms with E-state index in [2.05, 4.69) is 4.90 Å². The molecule has 0 bridgehead atoms. The van der Waals surface area contributed by atoms with Crippen LogP contribution in [0.1, 0.15) is 36.0 Å². The third-order valence-corrected chi connectivity index (χ3v) is 3.94. The van der Waals surface area contributed by atoms with E-state index in [0.29, 0.717) is 17.3 Å². The average Bonchev–Trinajstić information content (AvgIpc) is 3.28. The van der Waals surface area contributed by atoms with Gasteiger partial charge in [0, 0.05) is 12.6 Å². The summed E-state index contributed by atoms with van der Waals surface area (Å²) >= 11 is 0. The first-order chi connectivity index (χ1) is 9.20. The number of nitrogens with two attached hydrogens (primary N) is 1. The molecule has 0 amide bonds. The minimum Gasteiger partial charge on any atom is -0.465 e. The Morgan fingerprint density at radius 1 is 1.37 bits per heavy atom. The minimum atomic E-state index is -0.360. The third kappa shape index (κ3) is 2.53. The fourth-order valence-electron chi connectivity index (χ4n) is 2.50. The normalized spacial score (nSPS) is 18.2. The summed E-state index contributed by atoms with van der Waals surface area (Å²) in [5.41, 5.74) is 8.21. The number of methoxy groups -OCH3 is 1. The van der Waals surface area contributed by atoms with Gasteiger partial charge in [0.05, 0.1) is 24.0 Å². The van der Waals surface area contributed by atoms with Gasteiger partial charge >= 0.3 is 5.97 Å². The van der Waals surface area contributed by atoms with Crippen LogP contribution < -0.4 is 10.6 Å². The first kappa shape index (κ1) is 12.3. The van der Waals surface area contributed by atoms with E-state index >= 15 is 0 Å². The summed E-state index contributed by atoms with van der Waals surface area (Å²) in [6.45, 7) is 1.07. The number of benzene rings is 1. The monoisotopic (exact) mass is 260 g/mol. The summed E-state index contributed by atoms with van der Waals surface area (Å²) in [5, 5.41) is 0. The molecule has 2 aliphatic carbocycles. The molecule has 2 fully saturated rings. The van der Waals surface area contributed by atoms with Crippen molar-refractivity contribution in [3.05, 3.63) is 23.8 Å². The van der Waals surface area contributed by atoms with Crippen molar-refractivity contribution in [2.45, 2.75) is 31.7 Å². The lowest BCUT2D eigenvalue weighted by Crippen LogP contribution is -2.29. The largest absolute Gasteiger partial charge is 0.465 e. The number of nitrogen functional groups attached to an aromatic ring is 1. The molecule has 2 aliphatic rings. The molecule has 3 rings (SSSR count). The van der Waals surface area contributed by atoms with Gasteiger partial charge in [0.15, 0.2) is 0 Å². The second-order valence-electron chi connectivity index (χ2n) is 5.56. The molecule has 1 aromatic carbocycles. The van der Waals surface area contributed by atoms with Gasteiger partial charge in [-0.25, -0.2) is 4.79 Å². The van der Waals surface area contributed by atoms with E-state index in [1.165, 1.54) is 32.8 Å². The zero-order chi connectivity index (χ0) is 13.4. The van der Waals surface area contributed by atoms with Crippen LogP contribution in [0.4, 0.5) is 11.4 Å². The number of anilines is 2. The topological polar surface area (TPSA) is 55.6 Å². The number of ether oxygens (including phenoxy) is 1. The van der Waals surface area contributed by atoms with Gasteiger partial charge in [-0.1, -0.05) is 6.07 Å². The zero-order valence-corrected chi connectivity index (χ0v) is 11.3. The first-order valence-corrected chi connectivity index (χ1v) is 6.94. The van der Waals surface area contributed by atoms with Gasteiger partial charge in [-0.3, -0.25) is 0 Å². The fourth-order valence-corrected chi connectivity index (χ4v) is 2.50. The van der Waals surface area contributed by atoms with E-state index in [1.54, 1.807) is 6.07 Å². The Labute approximate surface area is 113 Å². The van der Waals surface area contributed by atoms with Crippen molar-refractivity contribution < 1.29 is 9.53 Å². The van der Waals surface area contributed by atoms with Crippen LogP contribution in [-0.2, 0) is 4.74 Å². The molecule has 19 heavy (non-hydrogen) atoms. The lowest BCUT2D eigenvalue weighted by atomic mass is 10.1. The molecular formula is C15H20N2O2. The molecule has 4 heteroatoms. The van der Waals surface area contributed by atoms with E-state index in [-0.39, 0.29) is 5.97 Å². The fraction of sp³-hybridized carbons (Fsp3) is 0.533. The summed E-state index contributed by atoms with van der Waals surface area (Å²) in [7, 11) is 1.39. The Hall–Kier alpha value is -1.71. The molecule has 2 saturated carbocycles. The van der Waals surface area contributed by atoms with Gasteiger partial charge in [-0.15, -0.1) is 0 Å². The van der Waals surface area contributed by atoms with E-state index in [9.17, 15) is 4.79 Å². The Morgan fingerprint density at radius 3 is 2.68 bits per heavy atom. The van der Waals surface area contributed by atoms with Crippen LogP contribution in [0, 0.1) is 5.92 Å². The number of nitrogens with zero attached hydrogens (tertiary/aromatic N) is 1. The van der Waals surface area contributed by atoms with Gasteiger partial charge in [0.25, 0.3) is 0 Å². The van der Waals surface area contributed by atoms with E-state index in [4.69, 9.17) is 10.5 Å². The maximum atomic E-state index is 11.7. The van der Waals surface area contributed by atoms with E-state index in [1.807, 2.05) is 12.1 Å². The van der Waals surface area contributed by atoms with Gasteiger partial charge in [0.2, 0.25) is 0 Å². The second-order valence-corrected chi connectivity index (χ2v) is 5.56. The van der Waals surface area contributed by atoms with Gasteiger partial charge in [-0.2, -0.15) is 0 Å². The smallest absolute Gasteiger partial charge is 0.340 e. The number of esters is 1. The third-order valence-electron chi connectivity index (χ3n) is 3.94. The van der Waals surface area contributed by atoms with Crippen molar-refractivity contribution in [3.63, 3.8) is 0 Å². The molecule has 4 nitrogen and oxygen atoms in total. The van der Waals surface area contributed by atoms with Crippen molar-refractivity contribution in [2.75, 3.05) is 24.3 Å². The lowest BCUT2D eigenvalue weighted by Gasteiger charge is -2.26. The molecule has 0 atom stereocenters. The molecule has 2 N–H and O–H groups in total. The Morgan fingerprint density at radius 2 is 2.11 bits per heavy atom. The molecule has 0 radical (unpaired) electrons. The number of carbonyl (C=O) groups is 1. The molecule has 1 aromatic rings. The van der Waals surface area contributed by atoms with Crippen LogP contribution in [0.2, 0.25) is 0 Å². The summed E-state index contributed by atoms with van der Waals surface area (Å²) in [6.07, 6.45) is 5.10. The van der Waals surface area contributed by atoms with Crippen LogP contribution >= 0.6 is 0 Å². The maximum Gasteiger partial charge on any atom is 0.340 e. The van der Waals surface area contributed by atoms with Crippen LogP contribution in [0.5, 0.6) is 0 Å². The molecule has 0 spiro atoms. The Bertz CT molecular complexity index is 493. The van der Waals surface area contributed by atoms with Crippen molar-refractivity contribution in [2.24, 2.45) is 5.92 Å². The van der Waals surface area contributed by atoms with Gasteiger partial charge in [-0.05, 0) is 43.7 Å². The molecule has 0 aromatic heterocycles. The summed E-state index contributed by atoms with van der Waals surface area (Å²) in [4.78, 5) is 14.1. The molecular weight excluding hydrogens is 240 g/mol. The minimum absolute atomic E-state index is 0.360. The van der Waals surface area contributed by atoms with Gasteiger partial charge in [0.1, 0.15) is 0 Å². The SMILES string of the molecule is COC(=O)c1cccc(N(CC2CC2)C2CC2)c1N. The summed E-state index contributed by atoms with van der Waals surface area (Å²) in [5.74, 6) is 0.448. The highest BCUT2D eigenvalue weighted by molar-refractivity contribution is 5.98. The van der Waals surface area contributed by atoms with Crippen molar-refractivity contribution in [1.29, 1.82) is 0 Å². The number of hydrogen-bond acceptors (Lipinski definition) is 4. The quantitative estimate of drug-likeness (QED) is 0.652. The summed E-state index contributed by atoms with van der Waals surface area (Å²) < 4.78 is 4.78. The highest BCUT2D eigenvalue weighted by Gasteiger charge is 2.35. The predicted octanol–water partition coefficient (Wildman–Crippen LogP) is 2.43. The highest BCUT2D eigenvalue weighted by atomic mass is 16.5. The van der Waals surface area contributed by atoms with Crippen molar-refractivity contribution in [1.82, 2.24) is 0 Å². The predicted molar refractivity (Wildman–Crippen MR) is 75.3 cm³/mol. The molecule has 0 heterocycles. The molecule has 0 saturated heterocycles. The van der Waals surface area contributed by atoms with Crippen molar-refractivity contribution >= 4 is 17.3 Å². The Kier molecular flexibility index (Phi) is 3.09. The maximum absolute atomic E-state index is 11.7. The zero-order valence-electron chi connectivity index (χ0n) is 11.3. The molecule has 102 valence electrons. The van der Waals surface area contributed by atoms with E-state index in [0.717, 1.165) is 18.2 Å². The van der Waals surface area contributed by atoms with Crippen LogP contribution in [0.25, 0.3) is 0 Å². The number of hydrogen-bond donors (Lipinski definition) is 1. The first-order valence-electron chi connectivity index (χ1n) is 6.94. The van der Waals surface area contributed by atoms with Crippen LogP contribution in [0.15, 0.2) is 18.2 Å². The standard InChI is InChI=1S/C15H20N2O2/c1-19-15(18)12-3-2-4-13(14(12)16)17(11-7-8-11)9-10-5-6-10/h2-4,10-11H,5-9,16H2,1H3. The van der Waals surface area contributed by atoms with Gasteiger partial charge < -0.3 is 15.4 Å². The number of rotatable bonds is 5. The average molecular weight is 260 g/mol. The number of para-hydroxylation sites is 1. The number of carbonyl (C=O) groups excluding carboxylic acids is 1. The van der Waals surface area contributed by atoms with Crippen molar-refractivity contribution in [3.8, 4) is 0 Å². The summed E-state index contributed by atoms with van der Waals surface area (Å²) in [6, 6.07) is 6.24. The molecule has 0 aliphatic heterocycles. The Balaban J connectivity index is 1.90. The lowest BCUT2D eigenvalue weighted by molar-refractivity contribution is 0.0602. The van der Waals surface area contributed by atoms with Crippen LogP contribution in [0.3, 0.4) is 0 Å². The highest BCUT2D eigenvalue weighted by Crippen LogP contribution is 2.40. The van der Waals surface area contributed by atoms with E-state index < -0.39 is 0 Å². The van der Waals surface area contributed by atoms with Crippen LogP contribution in [-0.4, -0.2) is 25.7 Å².